The molecule has 0 aliphatic carbocycles. The standard InChI is InChI=1S/C12H13F4NS/c1-11(2)6-18-10(17-11)7-3-4-9(13)8(5-7)12(14,15)16/h3-5,10,17H,6H2,1-2H3. The average molecular weight is 279 g/mol. The van der Waals surface area contributed by atoms with Gasteiger partial charge in [0, 0.05) is 11.3 Å². The first-order valence-electron chi connectivity index (χ1n) is 5.45. The largest absolute Gasteiger partial charge is 0.419 e. The van der Waals surface area contributed by atoms with Crippen molar-refractivity contribution in [1.82, 2.24) is 5.32 Å². The molecule has 100 valence electrons. The van der Waals surface area contributed by atoms with Gasteiger partial charge >= 0.3 is 6.18 Å². The Bertz CT molecular complexity index is 456. The SMILES string of the molecule is CC1(C)CSC(c2ccc(F)c(C(F)(F)F)c2)N1. The van der Waals surface area contributed by atoms with E-state index in [2.05, 4.69) is 5.32 Å². The molecule has 1 N–H and O–H groups in total. The summed E-state index contributed by atoms with van der Waals surface area (Å²) >= 11 is 1.53. The lowest BCUT2D eigenvalue weighted by Crippen LogP contribution is -2.35. The molecule has 1 atom stereocenters. The van der Waals surface area contributed by atoms with E-state index in [0.717, 1.165) is 17.9 Å². The zero-order valence-corrected chi connectivity index (χ0v) is 10.8. The fourth-order valence-corrected chi connectivity index (χ4v) is 3.24. The maximum atomic E-state index is 13.2. The molecule has 6 heteroatoms. The van der Waals surface area contributed by atoms with Crippen LogP contribution in [0.1, 0.15) is 30.3 Å². The number of nitrogens with one attached hydrogen (secondary N) is 1. The van der Waals surface area contributed by atoms with Crippen molar-refractivity contribution in [3.05, 3.63) is 35.1 Å². The van der Waals surface area contributed by atoms with Gasteiger partial charge in [-0.3, -0.25) is 5.32 Å². The molecule has 0 bridgehead atoms. The highest BCUT2D eigenvalue weighted by atomic mass is 32.2. The van der Waals surface area contributed by atoms with Gasteiger partial charge in [-0.05, 0) is 31.5 Å². The van der Waals surface area contributed by atoms with Crippen molar-refractivity contribution in [3.63, 3.8) is 0 Å². The van der Waals surface area contributed by atoms with E-state index in [0.29, 0.717) is 5.56 Å². The maximum Gasteiger partial charge on any atom is 0.419 e. The molecule has 1 unspecified atom stereocenters. The summed E-state index contributed by atoms with van der Waals surface area (Å²) in [5.41, 5.74) is -0.867. The third kappa shape index (κ3) is 2.80. The molecule has 1 aromatic carbocycles. The van der Waals surface area contributed by atoms with Crippen LogP contribution in [0.5, 0.6) is 0 Å². The van der Waals surface area contributed by atoms with Crippen molar-refractivity contribution in [2.45, 2.75) is 30.9 Å². The van der Waals surface area contributed by atoms with Crippen LogP contribution in [0.2, 0.25) is 0 Å². The third-order valence-corrected chi connectivity index (χ3v) is 4.34. The first-order valence-corrected chi connectivity index (χ1v) is 6.50. The molecular weight excluding hydrogens is 266 g/mol. The fourth-order valence-electron chi connectivity index (χ4n) is 1.83. The van der Waals surface area contributed by atoms with Crippen molar-refractivity contribution in [3.8, 4) is 0 Å². The van der Waals surface area contributed by atoms with Crippen LogP contribution in [0, 0.1) is 5.82 Å². The summed E-state index contributed by atoms with van der Waals surface area (Å²) < 4.78 is 51.0. The van der Waals surface area contributed by atoms with E-state index in [9.17, 15) is 17.6 Å². The second-order valence-electron chi connectivity index (χ2n) is 4.96. The van der Waals surface area contributed by atoms with Crippen molar-refractivity contribution in [2.24, 2.45) is 0 Å². The van der Waals surface area contributed by atoms with Gasteiger partial charge in [0.15, 0.2) is 0 Å². The van der Waals surface area contributed by atoms with E-state index in [1.54, 1.807) is 0 Å². The molecule has 1 fully saturated rings. The lowest BCUT2D eigenvalue weighted by atomic mass is 10.1. The van der Waals surface area contributed by atoms with E-state index in [4.69, 9.17) is 0 Å². The molecule has 1 aliphatic heterocycles. The fraction of sp³-hybridized carbons (Fsp3) is 0.500. The number of alkyl halides is 3. The monoisotopic (exact) mass is 279 g/mol. The van der Waals surface area contributed by atoms with Crippen LogP contribution in [-0.2, 0) is 6.18 Å². The molecule has 0 spiro atoms. The molecule has 1 heterocycles. The van der Waals surface area contributed by atoms with Gasteiger partial charge in [0.2, 0.25) is 0 Å². The van der Waals surface area contributed by atoms with Crippen LogP contribution in [0.3, 0.4) is 0 Å². The highest BCUT2D eigenvalue weighted by Gasteiger charge is 2.36. The van der Waals surface area contributed by atoms with Gasteiger partial charge in [-0.25, -0.2) is 4.39 Å². The Balaban J connectivity index is 2.31. The molecule has 2 rings (SSSR count). The number of thioether (sulfide) groups is 1. The summed E-state index contributed by atoms with van der Waals surface area (Å²) in [6.45, 7) is 3.96. The minimum Gasteiger partial charge on any atom is -0.296 e. The Kier molecular flexibility index (Phi) is 3.36. The molecular formula is C12H13F4NS. The van der Waals surface area contributed by atoms with Crippen LogP contribution in [-0.4, -0.2) is 11.3 Å². The predicted octanol–water partition coefficient (Wildman–Crippen LogP) is 3.96. The first-order chi connectivity index (χ1) is 8.19. The topological polar surface area (TPSA) is 12.0 Å². The van der Waals surface area contributed by atoms with Crippen molar-refractivity contribution in [1.29, 1.82) is 0 Å². The normalized spacial score (nSPS) is 23.3. The molecule has 18 heavy (non-hydrogen) atoms. The van der Waals surface area contributed by atoms with E-state index in [1.807, 2.05) is 13.8 Å². The van der Waals surface area contributed by atoms with E-state index in [1.165, 1.54) is 17.8 Å². The molecule has 1 saturated heterocycles. The number of rotatable bonds is 1. The number of hydrogen-bond donors (Lipinski definition) is 1. The Morgan fingerprint density at radius 2 is 2.00 bits per heavy atom. The summed E-state index contributed by atoms with van der Waals surface area (Å²) in [4.78, 5) is 0. The van der Waals surface area contributed by atoms with Crippen LogP contribution in [0.4, 0.5) is 17.6 Å². The Hall–Kier alpha value is -0.750. The summed E-state index contributed by atoms with van der Waals surface area (Å²) in [5.74, 6) is -0.426. The van der Waals surface area contributed by atoms with Crippen molar-refractivity contribution in [2.75, 3.05) is 5.75 Å². The maximum absolute atomic E-state index is 13.2. The number of benzene rings is 1. The average Bonchev–Trinajstić information content (AvgIpc) is 2.58. The van der Waals surface area contributed by atoms with Crippen LogP contribution in [0.25, 0.3) is 0 Å². The molecule has 1 aromatic rings. The van der Waals surface area contributed by atoms with Gasteiger partial charge in [0.1, 0.15) is 5.82 Å². The Morgan fingerprint density at radius 3 is 2.50 bits per heavy atom. The minimum atomic E-state index is -4.65. The Morgan fingerprint density at radius 1 is 1.33 bits per heavy atom. The lowest BCUT2D eigenvalue weighted by Gasteiger charge is -2.19. The minimum absolute atomic E-state index is 0.123. The quantitative estimate of drug-likeness (QED) is 0.781. The van der Waals surface area contributed by atoms with Gasteiger partial charge in [-0.1, -0.05) is 6.07 Å². The second-order valence-corrected chi connectivity index (χ2v) is 6.05. The lowest BCUT2D eigenvalue weighted by molar-refractivity contribution is -0.140. The second kappa shape index (κ2) is 4.42. The number of halogens is 4. The van der Waals surface area contributed by atoms with Crippen LogP contribution < -0.4 is 5.32 Å². The van der Waals surface area contributed by atoms with Gasteiger partial charge in [0.05, 0.1) is 10.9 Å². The van der Waals surface area contributed by atoms with E-state index < -0.39 is 17.6 Å². The molecule has 0 radical (unpaired) electrons. The van der Waals surface area contributed by atoms with E-state index >= 15 is 0 Å². The van der Waals surface area contributed by atoms with Crippen molar-refractivity contribution >= 4 is 11.8 Å². The molecule has 0 saturated carbocycles. The molecule has 1 aliphatic rings. The first kappa shape index (κ1) is 13.7. The highest BCUT2D eigenvalue weighted by molar-refractivity contribution is 7.99. The summed E-state index contributed by atoms with van der Waals surface area (Å²) in [5, 5.41) is 3.00. The van der Waals surface area contributed by atoms with E-state index in [-0.39, 0.29) is 10.9 Å². The molecule has 1 nitrogen and oxygen atoms in total. The van der Waals surface area contributed by atoms with Gasteiger partial charge in [-0.2, -0.15) is 13.2 Å². The van der Waals surface area contributed by atoms with Crippen LogP contribution >= 0.6 is 11.8 Å². The van der Waals surface area contributed by atoms with Crippen molar-refractivity contribution < 1.29 is 17.6 Å². The smallest absolute Gasteiger partial charge is 0.296 e. The van der Waals surface area contributed by atoms with Gasteiger partial charge < -0.3 is 0 Å². The predicted molar refractivity (Wildman–Crippen MR) is 63.8 cm³/mol. The van der Waals surface area contributed by atoms with Gasteiger partial charge in [0.25, 0.3) is 0 Å². The van der Waals surface area contributed by atoms with Crippen LogP contribution in [0.15, 0.2) is 18.2 Å². The highest BCUT2D eigenvalue weighted by Crippen LogP contribution is 2.39. The zero-order chi connectivity index (χ0) is 13.6. The summed E-state index contributed by atoms with van der Waals surface area (Å²) in [6, 6.07) is 3.17. The zero-order valence-electron chi connectivity index (χ0n) is 9.94. The summed E-state index contributed by atoms with van der Waals surface area (Å²) in [6.07, 6.45) is -4.65. The number of hydrogen-bond acceptors (Lipinski definition) is 2. The van der Waals surface area contributed by atoms with Gasteiger partial charge in [-0.15, -0.1) is 11.8 Å². The summed E-state index contributed by atoms with van der Waals surface area (Å²) in [7, 11) is 0. The molecule has 0 aromatic heterocycles. The Labute approximate surface area is 107 Å². The molecule has 0 amide bonds. The third-order valence-electron chi connectivity index (χ3n) is 2.73.